The van der Waals surface area contributed by atoms with Gasteiger partial charge in [-0.3, -0.25) is 0 Å². The van der Waals surface area contributed by atoms with Crippen molar-refractivity contribution in [2.24, 2.45) is 11.7 Å². The van der Waals surface area contributed by atoms with E-state index in [9.17, 15) is 4.79 Å². The largest absolute Gasteiger partial charge is 0.351 e. The van der Waals surface area contributed by atoms with Gasteiger partial charge in [0.25, 0.3) is 0 Å². The molecule has 1 saturated carbocycles. The van der Waals surface area contributed by atoms with Gasteiger partial charge in [0.2, 0.25) is 0 Å². The van der Waals surface area contributed by atoms with Crippen LogP contribution in [0.4, 0.5) is 10.5 Å². The first-order valence-corrected chi connectivity index (χ1v) is 7.47. The number of carbonyl (C=O) groups excluding carboxylic acids is 1. The zero-order valence-corrected chi connectivity index (χ0v) is 12.4. The Bertz CT molecular complexity index is 436. The summed E-state index contributed by atoms with van der Waals surface area (Å²) in [5.41, 5.74) is 7.07. The molecule has 1 aromatic rings. The Morgan fingerprint density at radius 2 is 1.80 bits per heavy atom. The summed E-state index contributed by atoms with van der Waals surface area (Å²) in [4.78, 5) is 10.8. The number of nitrogens with one attached hydrogen (secondary N) is 2. The monoisotopic (exact) mass is 275 g/mol. The number of hydrogen-bond donors (Lipinski definition) is 3. The second kappa shape index (κ2) is 6.75. The Kier molecular flexibility index (Phi) is 5.01. The molecule has 4 nitrogen and oxygen atoms in total. The van der Waals surface area contributed by atoms with Crippen LogP contribution in [0, 0.1) is 5.92 Å². The van der Waals surface area contributed by atoms with Crippen molar-refractivity contribution >= 4 is 11.7 Å². The predicted octanol–water partition coefficient (Wildman–Crippen LogP) is 3.41. The fraction of sp³-hybridized carbons (Fsp3) is 0.562. The van der Waals surface area contributed by atoms with E-state index < -0.39 is 6.03 Å². The molecule has 0 bridgehead atoms. The minimum atomic E-state index is -0.528. The van der Waals surface area contributed by atoms with Crippen molar-refractivity contribution in [3.63, 3.8) is 0 Å². The molecule has 0 saturated heterocycles. The zero-order valence-electron chi connectivity index (χ0n) is 12.4. The van der Waals surface area contributed by atoms with Gasteiger partial charge in [0.1, 0.15) is 0 Å². The number of primary amides is 1. The van der Waals surface area contributed by atoms with Crippen molar-refractivity contribution in [2.75, 3.05) is 5.32 Å². The van der Waals surface area contributed by atoms with Gasteiger partial charge < -0.3 is 16.4 Å². The summed E-state index contributed by atoms with van der Waals surface area (Å²) in [5.74, 6) is 0.877. The second-order valence-electron chi connectivity index (χ2n) is 5.96. The van der Waals surface area contributed by atoms with Crippen molar-refractivity contribution in [3.8, 4) is 0 Å². The highest BCUT2D eigenvalue weighted by Gasteiger charge is 2.19. The van der Waals surface area contributed by atoms with Gasteiger partial charge in [-0.05, 0) is 56.2 Å². The zero-order chi connectivity index (χ0) is 14.5. The minimum absolute atomic E-state index is 0.330. The molecule has 1 unspecified atom stereocenters. The molecule has 0 aliphatic heterocycles. The van der Waals surface area contributed by atoms with Crippen molar-refractivity contribution in [1.82, 2.24) is 5.32 Å². The number of carbonyl (C=O) groups is 1. The van der Waals surface area contributed by atoms with E-state index in [-0.39, 0.29) is 0 Å². The normalized spacial score (nSPS) is 24.1. The molecule has 0 heterocycles. The van der Waals surface area contributed by atoms with E-state index in [0.29, 0.717) is 12.1 Å². The standard InChI is InChI=1S/C16H25N3O/c1-11-3-7-14(8-4-11)18-12(2)13-5-9-15(10-6-13)19-16(17)20/h5-6,9-12,14,18H,3-4,7-8H2,1-2H3,(H3,17,19,20). The lowest BCUT2D eigenvalue weighted by molar-refractivity contribution is 0.259. The summed E-state index contributed by atoms with van der Waals surface area (Å²) >= 11 is 0. The maximum atomic E-state index is 10.8. The molecule has 1 aromatic carbocycles. The van der Waals surface area contributed by atoms with Crippen LogP contribution in [-0.4, -0.2) is 12.1 Å². The molecule has 2 rings (SSSR count). The number of hydrogen-bond acceptors (Lipinski definition) is 2. The Labute approximate surface area is 121 Å². The number of nitrogens with two attached hydrogens (primary N) is 1. The molecule has 0 spiro atoms. The molecule has 0 aromatic heterocycles. The van der Waals surface area contributed by atoms with Gasteiger partial charge in [-0.15, -0.1) is 0 Å². The number of anilines is 1. The third kappa shape index (κ3) is 4.23. The summed E-state index contributed by atoms with van der Waals surface area (Å²) in [6, 6.07) is 8.28. The van der Waals surface area contributed by atoms with Gasteiger partial charge >= 0.3 is 6.03 Å². The second-order valence-corrected chi connectivity index (χ2v) is 5.96. The molecule has 1 fully saturated rings. The van der Waals surface area contributed by atoms with Crippen molar-refractivity contribution < 1.29 is 4.79 Å². The minimum Gasteiger partial charge on any atom is -0.351 e. The van der Waals surface area contributed by atoms with E-state index in [2.05, 4.69) is 24.5 Å². The Hall–Kier alpha value is -1.55. The molecular weight excluding hydrogens is 250 g/mol. The van der Waals surface area contributed by atoms with Gasteiger partial charge in [0.05, 0.1) is 0 Å². The summed E-state index contributed by atoms with van der Waals surface area (Å²) in [7, 11) is 0. The fourth-order valence-corrected chi connectivity index (χ4v) is 2.87. The van der Waals surface area contributed by atoms with Gasteiger partial charge in [-0.25, -0.2) is 4.79 Å². The van der Waals surface area contributed by atoms with Crippen LogP contribution in [0.5, 0.6) is 0 Å². The average Bonchev–Trinajstić information content (AvgIpc) is 2.41. The predicted molar refractivity (Wildman–Crippen MR) is 82.6 cm³/mol. The highest BCUT2D eigenvalue weighted by Crippen LogP contribution is 2.26. The lowest BCUT2D eigenvalue weighted by atomic mass is 9.87. The third-order valence-corrected chi connectivity index (χ3v) is 4.18. The quantitative estimate of drug-likeness (QED) is 0.788. The third-order valence-electron chi connectivity index (χ3n) is 4.18. The van der Waals surface area contributed by atoms with E-state index in [0.717, 1.165) is 11.6 Å². The van der Waals surface area contributed by atoms with E-state index in [1.165, 1.54) is 31.2 Å². The molecule has 110 valence electrons. The Balaban J connectivity index is 1.88. The van der Waals surface area contributed by atoms with E-state index >= 15 is 0 Å². The maximum absolute atomic E-state index is 10.8. The van der Waals surface area contributed by atoms with Crippen LogP contribution in [0.15, 0.2) is 24.3 Å². The van der Waals surface area contributed by atoms with Crippen LogP contribution in [0.1, 0.15) is 51.1 Å². The smallest absolute Gasteiger partial charge is 0.316 e. The molecule has 1 aliphatic rings. The first-order valence-electron chi connectivity index (χ1n) is 7.47. The molecule has 0 radical (unpaired) electrons. The first kappa shape index (κ1) is 14.9. The Morgan fingerprint density at radius 1 is 1.20 bits per heavy atom. The lowest BCUT2D eigenvalue weighted by Crippen LogP contribution is -2.34. The Morgan fingerprint density at radius 3 is 2.35 bits per heavy atom. The number of benzene rings is 1. The topological polar surface area (TPSA) is 67.2 Å². The van der Waals surface area contributed by atoms with Crippen LogP contribution in [0.2, 0.25) is 0 Å². The highest BCUT2D eigenvalue weighted by molar-refractivity contribution is 5.87. The highest BCUT2D eigenvalue weighted by atomic mass is 16.2. The van der Waals surface area contributed by atoms with Crippen molar-refractivity contribution in [1.29, 1.82) is 0 Å². The number of urea groups is 1. The molecule has 4 heteroatoms. The number of rotatable bonds is 4. The molecule has 1 atom stereocenters. The summed E-state index contributed by atoms with van der Waals surface area (Å²) in [6.07, 6.45) is 5.19. The van der Waals surface area contributed by atoms with Crippen LogP contribution in [0.3, 0.4) is 0 Å². The number of amides is 2. The SMILES string of the molecule is CC1CCC(NC(C)c2ccc(NC(N)=O)cc2)CC1. The van der Waals surface area contributed by atoms with Gasteiger partial charge in [0.15, 0.2) is 0 Å². The van der Waals surface area contributed by atoms with Crippen molar-refractivity contribution in [2.45, 2.75) is 51.6 Å². The van der Waals surface area contributed by atoms with Gasteiger partial charge in [-0.1, -0.05) is 19.1 Å². The maximum Gasteiger partial charge on any atom is 0.316 e. The average molecular weight is 275 g/mol. The summed E-state index contributed by atoms with van der Waals surface area (Å²) in [6.45, 7) is 4.53. The van der Waals surface area contributed by atoms with Crippen LogP contribution in [0.25, 0.3) is 0 Å². The van der Waals surface area contributed by atoms with Gasteiger partial charge in [-0.2, -0.15) is 0 Å². The molecular formula is C16H25N3O. The van der Waals surface area contributed by atoms with Crippen molar-refractivity contribution in [3.05, 3.63) is 29.8 Å². The summed E-state index contributed by atoms with van der Waals surface area (Å²) in [5, 5.41) is 6.28. The van der Waals surface area contributed by atoms with E-state index in [1.807, 2.05) is 24.3 Å². The van der Waals surface area contributed by atoms with Crippen LogP contribution < -0.4 is 16.4 Å². The molecule has 1 aliphatic carbocycles. The van der Waals surface area contributed by atoms with E-state index in [1.54, 1.807) is 0 Å². The fourth-order valence-electron chi connectivity index (χ4n) is 2.87. The molecule has 2 amide bonds. The van der Waals surface area contributed by atoms with E-state index in [4.69, 9.17) is 5.73 Å². The summed E-state index contributed by atoms with van der Waals surface area (Å²) < 4.78 is 0. The van der Waals surface area contributed by atoms with Crippen LogP contribution in [-0.2, 0) is 0 Å². The van der Waals surface area contributed by atoms with Gasteiger partial charge in [0, 0.05) is 17.8 Å². The first-order chi connectivity index (χ1) is 9.54. The lowest BCUT2D eigenvalue weighted by Gasteiger charge is -2.29. The molecule has 20 heavy (non-hydrogen) atoms. The molecule has 4 N–H and O–H groups in total. The van der Waals surface area contributed by atoms with Crippen LogP contribution >= 0.6 is 0 Å².